The van der Waals surface area contributed by atoms with Crippen molar-refractivity contribution < 1.29 is 51.4 Å². The summed E-state index contributed by atoms with van der Waals surface area (Å²) in [4.78, 5) is 54.7. The normalized spacial score (nSPS) is 25.4. The Hall–Kier alpha value is -3.16. The first-order valence-electron chi connectivity index (χ1n) is 18.3. The smallest absolute Gasteiger partial charge is 0.474 e. The fraction of sp³-hybridized carbons (Fsp3) is 0.667. The molecule has 24 heteroatoms. The number of carbonyl (C=O) groups excluding carboxylic acids is 1. The van der Waals surface area contributed by atoms with Gasteiger partial charge in [-0.1, -0.05) is 34.6 Å². The molecule has 1 saturated carbocycles. The molecule has 3 aromatic heterocycles. The molecule has 4 heterocycles. The number of anilines is 1. The van der Waals surface area contributed by atoms with Crippen molar-refractivity contribution in [1.29, 1.82) is 5.26 Å². The second-order valence-corrected chi connectivity index (χ2v) is 23.8. The number of ether oxygens (including phenoxy) is 2. The van der Waals surface area contributed by atoms with Crippen LogP contribution in [0.2, 0.25) is 18.1 Å². The minimum absolute atomic E-state index is 0.0273. The number of aromatic nitrogens is 6. The fourth-order valence-corrected chi connectivity index (χ4v) is 9.91. The third kappa shape index (κ3) is 11.1. The van der Waals surface area contributed by atoms with Crippen LogP contribution in [0.1, 0.15) is 60.1 Å². The molecule has 9 atom stereocenters. The molecule has 0 spiro atoms. The number of nitrogens with zero attached hydrogens (tertiary/aromatic N) is 6. The first-order valence-corrected chi connectivity index (χ1v) is 24.9. The maximum atomic E-state index is 13.2. The van der Waals surface area contributed by atoms with Crippen LogP contribution in [0.5, 0.6) is 5.88 Å². The largest absolute Gasteiger partial charge is 0.695 e. The van der Waals surface area contributed by atoms with E-state index in [1.165, 1.54) is 23.4 Å². The lowest BCUT2D eigenvalue weighted by Crippen LogP contribution is -2.50. The topological polar surface area (TPSA) is 264 Å². The Bertz CT molecular complexity index is 2030. The zero-order valence-electron chi connectivity index (χ0n) is 32.6. The number of aromatic amines is 1. The molecule has 0 aromatic carbocycles. The lowest BCUT2D eigenvalue weighted by atomic mass is 10.1. The number of H-pyrrole nitrogens is 1. The Morgan fingerprint density at radius 3 is 2.65 bits per heavy atom. The molecule has 57 heavy (non-hydrogen) atoms. The average Bonchev–Trinajstić information content (AvgIpc) is 3.82. The number of nitriles is 1. The molecular formula is C33H49N8O12P2SSi+. The van der Waals surface area contributed by atoms with Gasteiger partial charge in [-0.15, -0.1) is 9.42 Å². The van der Waals surface area contributed by atoms with Crippen LogP contribution >= 0.6 is 15.0 Å². The fourth-order valence-electron chi connectivity index (χ4n) is 5.99. The molecule has 0 radical (unpaired) electrons. The van der Waals surface area contributed by atoms with Crippen molar-refractivity contribution >= 4 is 58.1 Å². The number of nitrogens with one attached hydrogen (secondary N) is 2. The van der Waals surface area contributed by atoms with Gasteiger partial charge in [-0.3, -0.25) is 29.0 Å². The van der Waals surface area contributed by atoms with Gasteiger partial charge in [-0.2, -0.15) is 10.2 Å². The quantitative estimate of drug-likeness (QED) is 0.0791. The number of rotatable bonds is 18. The van der Waals surface area contributed by atoms with Crippen molar-refractivity contribution in [2.75, 3.05) is 25.1 Å². The van der Waals surface area contributed by atoms with Gasteiger partial charge in [-0.25, -0.2) is 15.0 Å². The Labute approximate surface area is 336 Å². The Morgan fingerprint density at radius 1 is 1.26 bits per heavy atom. The van der Waals surface area contributed by atoms with Crippen molar-refractivity contribution in [3.05, 3.63) is 35.3 Å². The summed E-state index contributed by atoms with van der Waals surface area (Å²) in [6.45, 7) is 8.81. The summed E-state index contributed by atoms with van der Waals surface area (Å²) < 4.78 is 57.0. The van der Waals surface area contributed by atoms with E-state index in [-0.39, 0.29) is 54.1 Å². The highest BCUT2D eigenvalue weighted by Gasteiger charge is 2.54. The third-order valence-corrected chi connectivity index (χ3v) is 17.3. The molecule has 5 rings (SSSR count). The van der Waals surface area contributed by atoms with Crippen molar-refractivity contribution in [2.45, 2.75) is 109 Å². The summed E-state index contributed by atoms with van der Waals surface area (Å²) in [6.07, 6.45) is -0.907. The van der Waals surface area contributed by atoms with Gasteiger partial charge >= 0.3 is 15.0 Å². The van der Waals surface area contributed by atoms with Crippen molar-refractivity contribution in [3.8, 4) is 11.9 Å². The highest BCUT2D eigenvalue weighted by molar-refractivity contribution is 8.07. The lowest BCUT2D eigenvalue weighted by molar-refractivity contribution is -0.118. The van der Waals surface area contributed by atoms with E-state index in [4.69, 9.17) is 43.8 Å². The molecule has 4 N–H and O–H groups in total. The predicted octanol–water partition coefficient (Wildman–Crippen LogP) is 4.23. The van der Waals surface area contributed by atoms with Crippen molar-refractivity contribution in [2.24, 2.45) is 11.8 Å². The van der Waals surface area contributed by atoms with Crippen LogP contribution in [0.15, 0.2) is 29.7 Å². The first-order chi connectivity index (χ1) is 26.8. The summed E-state index contributed by atoms with van der Waals surface area (Å²) in [5.74, 6) is -1.13. The molecule has 0 bridgehead atoms. The standard InChI is InChI=1S/C33H48N8O12P2SSi/c1-19(2)29(43)39-32-38-28-25(30(44)40-32)37-18-41(28)31-27(26(23(15-42)50-31)53-57(6,7)33(3,4)5)52-55(56,47-12-8-10-34)48-16-20-13-21(14-22(20)51-54(45)46)49-24-9-11-35-17-36-24/h9,11,17-23,26-27,31,42H,8,12-16H2,1-7H3,(H2-,38,39,40,43,44,45,46)/p+1/t20-,21-,22+,23-,26-,27-,31-,55?/m1/s1. The van der Waals surface area contributed by atoms with Crippen LogP contribution in [-0.2, 0) is 48.4 Å². The average molecular weight is 872 g/mol. The van der Waals surface area contributed by atoms with Crippen LogP contribution < -0.4 is 15.6 Å². The molecule has 1 aliphatic carbocycles. The number of hydrogen-bond acceptors (Lipinski definition) is 17. The molecule has 2 fully saturated rings. The minimum atomic E-state index is -3.90. The zero-order chi connectivity index (χ0) is 41.7. The number of hydrogen-bond donors (Lipinski definition) is 4. The molecule has 2 unspecified atom stereocenters. The van der Waals surface area contributed by atoms with E-state index in [0.717, 1.165) is 0 Å². The molecule has 1 amide bonds. The minimum Gasteiger partial charge on any atom is -0.474 e. The lowest BCUT2D eigenvalue weighted by Gasteiger charge is -2.41. The number of imidazole rings is 1. The van der Waals surface area contributed by atoms with Crippen LogP contribution in [0.4, 0.5) is 5.95 Å². The van der Waals surface area contributed by atoms with E-state index in [1.54, 1.807) is 19.9 Å². The SMILES string of the molecule is CC(C)C(=O)Nc1nc2c(ncn2[C@@H]2O[C@H](CO)[C@@H](O[Si](C)(C)C(C)(C)C)[C@H]2OP(=S)(OCCC#N)OC[C@H]2C[C@@H](Oc3ccncn3)C[C@@H]2O[P+](=O)O)c(=O)[nH]1. The molecule has 2 aliphatic rings. The number of carbonyl (C=O) groups is 1. The summed E-state index contributed by atoms with van der Waals surface area (Å²) in [5.41, 5.74) is -0.669. The highest BCUT2D eigenvalue weighted by atomic mass is 32.5. The van der Waals surface area contributed by atoms with Gasteiger partial charge in [0.2, 0.25) is 17.7 Å². The third-order valence-electron chi connectivity index (χ3n) is 9.99. The first kappa shape index (κ1) is 44.9. The number of amides is 1. The maximum absolute atomic E-state index is 13.2. The molecule has 1 aliphatic heterocycles. The summed E-state index contributed by atoms with van der Waals surface area (Å²) >= 11 is 6.02. The molecule has 20 nitrogen and oxygen atoms in total. The maximum Gasteiger partial charge on any atom is 0.695 e. The van der Waals surface area contributed by atoms with Gasteiger partial charge in [0, 0.05) is 35.1 Å². The van der Waals surface area contributed by atoms with Gasteiger partial charge in [-0.05, 0) is 36.4 Å². The van der Waals surface area contributed by atoms with Crippen LogP contribution in [0.3, 0.4) is 0 Å². The monoisotopic (exact) mass is 871 g/mol. The summed E-state index contributed by atoms with van der Waals surface area (Å²) in [7, 11) is -5.63. The van der Waals surface area contributed by atoms with Gasteiger partial charge in [0.25, 0.3) is 5.56 Å². The molecule has 3 aromatic rings. The van der Waals surface area contributed by atoms with E-state index in [9.17, 15) is 29.4 Å². The van der Waals surface area contributed by atoms with E-state index in [1.807, 2.05) is 39.9 Å². The van der Waals surface area contributed by atoms with E-state index in [0.29, 0.717) is 12.3 Å². The van der Waals surface area contributed by atoms with Crippen molar-refractivity contribution in [1.82, 2.24) is 29.5 Å². The number of aliphatic hydroxyl groups excluding tert-OH is 1. The number of aliphatic hydroxyl groups is 1. The van der Waals surface area contributed by atoms with E-state index >= 15 is 0 Å². The summed E-state index contributed by atoms with van der Waals surface area (Å²) in [5, 5.41) is 22.4. The van der Waals surface area contributed by atoms with Gasteiger partial charge in [0.05, 0.1) is 38.6 Å². The van der Waals surface area contributed by atoms with Gasteiger partial charge in [0.15, 0.2) is 25.7 Å². The second kappa shape index (κ2) is 18.8. The van der Waals surface area contributed by atoms with Gasteiger partial charge in [0.1, 0.15) is 36.8 Å². The molecule has 312 valence electrons. The van der Waals surface area contributed by atoms with E-state index in [2.05, 4.69) is 30.2 Å². The van der Waals surface area contributed by atoms with Crippen LogP contribution in [-0.4, -0.2) is 104 Å². The number of fused-ring (bicyclic) bond motifs is 1. The Kier molecular flexibility index (Phi) is 14.8. The van der Waals surface area contributed by atoms with Crippen molar-refractivity contribution in [3.63, 3.8) is 0 Å². The Morgan fingerprint density at radius 2 is 2.02 bits per heavy atom. The zero-order valence-corrected chi connectivity index (χ0v) is 36.2. The highest BCUT2D eigenvalue weighted by Crippen LogP contribution is 2.56. The summed E-state index contributed by atoms with van der Waals surface area (Å²) in [6, 6.07) is 3.60. The molecular weight excluding hydrogens is 823 g/mol. The van der Waals surface area contributed by atoms with Crippen LogP contribution in [0.25, 0.3) is 11.2 Å². The van der Waals surface area contributed by atoms with E-state index < -0.39 is 84.0 Å². The molecule has 1 saturated heterocycles. The van der Waals surface area contributed by atoms with Gasteiger partial charge < -0.3 is 28.1 Å². The van der Waals surface area contributed by atoms with Crippen LogP contribution in [0, 0.1) is 23.2 Å². The Balaban J connectivity index is 1.52. The second-order valence-electron chi connectivity index (χ2n) is 15.4. The predicted molar refractivity (Wildman–Crippen MR) is 210 cm³/mol.